The van der Waals surface area contributed by atoms with Crippen LogP contribution < -0.4 is 15.8 Å². The van der Waals surface area contributed by atoms with E-state index in [1.807, 2.05) is 30.3 Å². The Morgan fingerprint density at radius 3 is 2.73 bits per heavy atom. The number of hydrogen-bond donors (Lipinski definition) is 3. The van der Waals surface area contributed by atoms with E-state index in [4.69, 9.17) is 5.73 Å². The number of thioether (sulfide) groups is 1. The number of nitrogens with zero attached hydrogens (tertiary/aromatic N) is 1. The molecule has 0 unspecified atom stereocenters. The summed E-state index contributed by atoms with van der Waals surface area (Å²) in [6.45, 7) is 0. The number of rotatable bonds is 4. The van der Waals surface area contributed by atoms with E-state index in [-0.39, 0.29) is 15.7 Å². The van der Waals surface area contributed by atoms with Gasteiger partial charge in [-0.25, -0.2) is 4.98 Å². The topological polar surface area (TPSA) is 101 Å². The Morgan fingerprint density at radius 1 is 1.36 bits per heavy atom. The number of anilines is 2. The lowest BCUT2D eigenvalue weighted by molar-refractivity contribution is 0.0999. The number of benzene rings is 1. The molecule has 0 bridgehead atoms. The summed E-state index contributed by atoms with van der Waals surface area (Å²) in [7, 11) is 0. The van der Waals surface area contributed by atoms with Gasteiger partial charge >= 0.3 is 0 Å². The number of primary amides is 1. The summed E-state index contributed by atoms with van der Waals surface area (Å²) >= 11 is 2.26. The first-order valence-corrected chi connectivity index (χ1v) is 8.37. The Bertz CT molecular complexity index is 902. The molecule has 2 aromatic heterocycles. The monoisotopic (exact) mass is 332 g/mol. The predicted octanol–water partition coefficient (Wildman–Crippen LogP) is 2.55. The van der Waals surface area contributed by atoms with Crippen molar-refractivity contribution in [3.8, 4) is 0 Å². The van der Waals surface area contributed by atoms with Gasteiger partial charge in [-0.3, -0.25) is 9.59 Å². The van der Waals surface area contributed by atoms with Crippen LogP contribution in [0.25, 0.3) is 11.0 Å². The van der Waals surface area contributed by atoms with Crippen LogP contribution in [-0.2, 0) is 0 Å². The standard InChI is InChI=1S/C14H12N4O2S2/c1-21-12-8(10(15)19)9-11(17-12)18-14(22-13(9)20)16-7-5-3-2-4-6-7/h2-6,17H,1H3,(H2,15,19)(H,16,18). The van der Waals surface area contributed by atoms with Gasteiger partial charge in [0.25, 0.3) is 5.91 Å². The SMILES string of the molecule is CSc1[nH]c2nc(Nc3ccccc3)sc(=O)c2c1C(N)=O. The first kappa shape index (κ1) is 14.6. The van der Waals surface area contributed by atoms with E-state index >= 15 is 0 Å². The summed E-state index contributed by atoms with van der Waals surface area (Å²) in [6, 6.07) is 9.42. The summed E-state index contributed by atoms with van der Waals surface area (Å²) in [4.78, 5) is 31.3. The van der Waals surface area contributed by atoms with Crippen molar-refractivity contribution in [1.82, 2.24) is 9.97 Å². The minimum absolute atomic E-state index is 0.211. The van der Waals surface area contributed by atoms with Gasteiger partial charge in [0.15, 0.2) is 5.13 Å². The number of carbonyl (C=O) groups excluding carboxylic acids is 1. The third-order valence-electron chi connectivity index (χ3n) is 3.03. The van der Waals surface area contributed by atoms with Crippen LogP contribution in [0.2, 0.25) is 0 Å². The summed E-state index contributed by atoms with van der Waals surface area (Å²) < 4.78 is -0.256. The Kier molecular flexibility index (Phi) is 3.86. The van der Waals surface area contributed by atoms with E-state index in [1.165, 1.54) is 11.8 Å². The highest BCUT2D eigenvalue weighted by Crippen LogP contribution is 2.27. The van der Waals surface area contributed by atoms with Crippen LogP contribution in [0, 0.1) is 0 Å². The molecule has 8 heteroatoms. The van der Waals surface area contributed by atoms with Gasteiger partial charge < -0.3 is 16.0 Å². The lowest BCUT2D eigenvalue weighted by atomic mass is 10.2. The second kappa shape index (κ2) is 5.82. The van der Waals surface area contributed by atoms with Crippen molar-refractivity contribution < 1.29 is 4.79 Å². The summed E-state index contributed by atoms with van der Waals surface area (Å²) in [5.41, 5.74) is 6.78. The molecule has 2 heterocycles. The Balaban J connectivity index is 2.14. The van der Waals surface area contributed by atoms with Crippen LogP contribution in [0.15, 0.2) is 40.2 Å². The molecule has 0 aliphatic heterocycles. The lowest BCUT2D eigenvalue weighted by Gasteiger charge is -2.03. The highest BCUT2D eigenvalue weighted by Gasteiger charge is 2.20. The number of aromatic nitrogens is 2. The maximum atomic E-state index is 12.3. The van der Waals surface area contributed by atoms with Crippen LogP contribution in [0.5, 0.6) is 0 Å². The molecule has 0 radical (unpaired) electrons. The molecule has 0 fully saturated rings. The molecule has 3 rings (SSSR count). The molecular formula is C14H12N4O2S2. The molecule has 6 nitrogen and oxygen atoms in total. The maximum absolute atomic E-state index is 12.3. The largest absolute Gasteiger partial charge is 0.365 e. The molecule has 0 saturated heterocycles. The summed E-state index contributed by atoms with van der Waals surface area (Å²) in [5.74, 6) is -0.634. The zero-order valence-corrected chi connectivity index (χ0v) is 13.2. The fraction of sp³-hybridized carbons (Fsp3) is 0.0714. The van der Waals surface area contributed by atoms with Gasteiger partial charge in [0, 0.05) is 5.69 Å². The number of H-pyrrole nitrogens is 1. The van der Waals surface area contributed by atoms with Gasteiger partial charge in [-0.1, -0.05) is 29.5 Å². The molecule has 0 saturated carbocycles. The van der Waals surface area contributed by atoms with E-state index in [9.17, 15) is 9.59 Å². The van der Waals surface area contributed by atoms with Gasteiger partial charge in [0.05, 0.1) is 16.0 Å². The second-order valence-electron chi connectivity index (χ2n) is 4.42. The molecule has 0 aliphatic carbocycles. The normalized spacial score (nSPS) is 10.8. The number of carbonyl (C=O) groups is 1. The van der Waals surface area contributed by atoms with Crippen molar-refractivity contribution in [1.29, 1.82) is 0 Å². The van der Waals surface area contributed by atoms with Crippen LogP contribution >= 0.6 is 23.1 Å². The lowest BCUT2D eigenvalue weighted by Crippen LogP contribution is -2.14. The predicted molar refractivity (Wildman–Crippen MR) is 90.3 cm³/mol. The minimum Gasteiger partial charge on any atom is -0.365 e. The highest BCUT2D eigenvalue weighted by molar-refractivity contribution is 7.98. The number of amides is 1. The van der Waals surface area contributed by atoms with Crippen molar-refractivity contribution in [3.05, 3.63) is 45.4 Å². The second-order valence-corrected chi connectivity index (χ2v) is 6.20. The van der Waals surface area contributed by atoms with Crippen molar-refractivity contribution in [2.75, 3.05) is 11.6 Å². The van der Waals surface area contributed by atoms with Crippen LogP contribution in [0.1, 0.15) is 10.4 Å². The quantitative estimate of drug-likeness (QED) is 0.637. The number of para-hydroxylation sites is 1. The Labute approximate surface area is 133 Å². The first-order chi connectivity index (χ1) is 10.6. The van der Waals surface area contributed by atoms with E-state index in [0.717, 1.165) is 17.0 Å². The zero-order chi connectivity index (χ0) is 15.7. The number of hydrogen-bond acceptors (Lipinski definition) is 6. The van der Waals surface area contributed by atoms with Gasteiger partial charge in [0.1, 0.15) is 5.65 Å². The average Bonchev–Trinajstić information content (AvgIpc) is 2.87. The van der Waals surface area contributed by atoms with Crippen molar-refractivity contribution >= 4 is 50.9 Å². The van der Waals surface area contributed by atoms with Crippen molar-refractivity contribution in [2.45, 2.75) is 5.03 Å². The molecular weight excluding hydrogens is 320 g/mol. The molecule has 1 aromatic carbocycles. The number of nitrogens with one attached hydrogen (secondary N) is 2. The van der Waals surface area contributed by atoms with Crippen LogP contribution in [-0.4, -0.2) is 22.1 Å². The highest BCUT2D eigenvalue weighted by atomic mass is 32.2. The Hall–Kier alpha value is -2.32. The number of fused-ring (bicyclic) bond motifs is 1. The fourth-order valence-electron chi connectivity index (χ4n) is 2.10. The molecule has 0 aliphatic rings. The summed E-state index contributed by atoms with van der Waals surface area (Å²) in [5, 5.41) is 4.33. The average molecular weight is 332 g/mol. The van der Waals surface area contributed by atoms with Gasteiger partial charge in [-0.05, 0) is 18.4 Å². The van der Waals surface area contributed by atoms with Gasteiger partial charge in [-0.2, -0.15) is 0 Å². The van der Waals surface area contributed by atoms with E-state index in [2.05, 4.69) is 15.3 Å². The van der Waals surface area contributed by atoms with E-state index in [1.54, 1.807) is 6.26 Å². The van der Waals surface area contributed by atoms with Crippen molar-refractivity contribution in [3.63, 3.8) is 0 Å². The number of nitrogens with two attached hydrogens (primary N) is 1. The minimum atomic E-state index is -0.634. The summed E-state index contributed by atoms with van der Waals surface area (Å²) in [6.07, 6.45) is 1.80. The Morgan fingerprint density at radius 2 is 2.09 bits per heavy atom. The van der Waals surface area contributed by atoms with Gasteiger partial charge in [0.2, 0.25) is 4.74 Å². The third kappa shape index (κ3) is 2.58. The number of aromatic amines is 1. The zero-order valence-electron chi connectivity index (χ0n) is 11.5. The van der Waals surface area contributed by atoms with E-state index < -0.39 is 5.91 Å². The molecule has 1 amide bonds. The van der Waals surface area contributed by atoms with E-state index in [0.29, 0.717) is 15.8 Å². The molecule has 0 atom stereocenters. The smallest absolute Gasteiger partial charge is 0.252 e. The van der Waals surface area contributed by atoms with Crippen LogP contribution in [0.4, 0.5) is 10.8 Å². The molecule has 112 valence electrons. The van der Waals surface area contributed by atoms with Gasteiger partial charge in [-0.15, -0.1) is 11.8 Å². The molecule has 4 N–H and O–H groups in total. The fourth-order valence-corrected chi connectivity index (χ4v) is 3.48. The maximum Gasteiger partial charge on any atom is 0.252 e. The van der Waals surface area contributed by atoms with Crippen LogP contribution in [0.3, 0.4) is 0 Å². The molecule has 0 spiro atoms. The van der Waals surface area contributed by atoms with Crippen molar-refractivity contribution in [2.24, 2.45) is 5.73 Å². The molecule has 22 heavy (non-hydrogen) atoms. The third-order valence-corrected chi connectivity index (χ3v) is 4.52. The first-order valence-electron chi connectivity index (χ1n) is 6.33. The molecule has 3 aromatic rings.